The fourth-order valence-electron chi connectivity index (χ4n) is 8.81. The maximum Gasteiger partial charge on any atom is 0.262 e. The largest absolute Gasteiger partial charge is 0.508 e. The molecule has 4 N–H and O–H groups in total. The summed E-state index contributed by atoms with van der Waals surface area (Å²) in [7, 11) is 0. The molecule has 56 heavy (non-hydrogen) atoms. The minimum atomic E-state index is -2.64. The van der Waals surface area contributed by atoms with Gasteiger partial charge in [-0.1, -0.05) is 48.5 Å². The Morgan fingerprint density at radius 3 is 2.50 bits per heavy atom. The van der Waals surface area contributed by atoms with Crippen LogP contribution in [-0.2, 0) is 32.6 Å². The van der Waals surface area contributed by atoms with Crippen LogP contribution >= 0.6 is 0 Å². The van der Waals surface area contributed by atoms with Crippen LogP contribution in [0.1, 0.15) is 74.1 Å². The molecule has 0 bridgehead atoms. The van der Waals surface area contributed by atoms with Crippen molar-refractivity contribution in [3.8, 4) is 17.2 Å². The topological polar surface area (TPSA) is 124 Å². The second-order valence-electron chi connectivity index (χ2n) is 16.3. The number of carbonyl (C=O) groups is 2. The standard InChI is InChI=1S/C44H56F2N4O6/c1-30(33-13-18-44(45,46)19-14-33)50(22-21-47-20-15-34-10-12-38(52)41-42(34)56-27-39(53)48-41)40(54)17-24-55-23-16-31-9-11-37(51)36(25-31)43(35-5-3-2-4-6-35)28-49(29-43)26-32-7-8-32/h2-6,9-12,25,30,32-33,47,51-52H,7-8,13-24,26-29H2,1H3,(H,48,53)/t30-/m1/s1. The van der Waals surface area contributed by atoms with Gasteiger partial charge in [-0.3, -0.25) is 9.59 Å². The van der Waals surface area contributed by atoms with Crippen LogP contribution in [0.25, 0.3) is 0 Å². The third-order valence-corrected chi connectivity index (χ3v) is 12.3. The third kappa shape index (κ3) is 9.46. The molecule has 3 fully saturated rings. The summed E-state index contributed by atoms with van der Waals surface area (Å²) in [4.78, 5) is 29.8. The van der Waals surface area contributed by atoms with Gasteiger partial charge >= 0.3 is 0 Å². The first-order chi connectivity index (χ1) is 27.0. The first-order valence-electron chi connectivity index (χ1n) is 20.3. The molecule has 1 atom stereocenters. The van der Waals surface area contributed by atoms with Gasteiger partial charge in [-0.2, -0.15) is 0 Å². The van der Waals surface area contributed by atoms with Gasteiger partial charge < -0.3 is 40.1 Å². The minimum absolute atomic E-state index is 0.00491. The Balaban J connectivity index is 0.916. The monoisotopic (exact) mass is 774 g/mol. The van der Waals surface area contributed by atoms with Crippen LogP contribution in [0.2, 0.25) is 0 Å². The number of phenols is 2. The number of alkyl halides is 2. The number of ether oxygens (including phenoxy) is 2. The van der Waals surface area contributed by atoms with E-state index in [-0.39, 0.29) is 73.1 Å². The van der Waals surface area contributed by atoms with Gasteiger partial charge in [0, 0.05) is 62.6 Å². The van der Waals surface area contributed by atoms with Gasteiger partial charge in [0.05, 0.1) is 19.6 Å². The number of halogens is 2. The second kappa shape index (κ2) is 17.5. The highest BCUT2D eigenvalue weighted by Gasteiger charge is 2.48. The van der Waals surface area contributed by atoms with Gasteiger partial charge in [0.15, 0.2) is 12.4 Å². The van der Waals surface area contributed by atoms with E-state index in [0.717, 1.165) is 42.2 Å². The zero-order valence-electron chi connectivity index (χ0n) is 32.4. The average molecular weight is 775 g/mol. The lowest BCUT2D eigenvalue weighted by molar-refractivity contribution is -0.136. The molecule has 2 aliphatic carbocycles. The molecule has 4 aliphatic rings. The summed E-state index contributed by atoms with van der Waals surface area (Å²) in [5.74, 6) is -1.52. The second-order valence-corrected chi connectivity index (χ2v) is 16.3. The molecule has 3 aromatic rings. The van der Waals surface area contributed by atoms with E-state index in [9.17, 15) is 28.6 Å². The molecule has 0 unspecified atom stereocenters. The Kier molecular flexibility index (Phi) is 12.5. The van der Waals surface area contributed by atoms with Crippen LogP contribution in [0.15, 0.2) is 60.7 Å². The molecule has 302 valence electrons. The maximum atomic E-state index is 14.0. The summed E-state index contributed by atoms with van der Waals surface area (Å²) in [6.07, 6.45) is 4.45. The van der Waals surface area contributed by atoms with Crippen LogP contribution in [0.4, 0.5) is 14.5 Å². The number of hydrogen-bond acceptors (Lipinski definition) is 8. The first-order valence-corrected chi connectivity index (χ1v) is 20.3. The first kappa shape index (κ1) is 40.0. The number of carbonyl (C=O) groups excluding carboxylic acids is 2. The van der Waals surface area contributed by atoms with Crippen molar-refractivity contribution in [3.05, 3.63) is 82.9 Å². The van der Waals surface area contributed by atoms with E-state index in [1.54, 1.807) is 12.1 Å². The molecule has 3 aromatic carbocycles. The Labute approximate surface area is 328 Å². The van der Waals surface area contributed by atoms with Crippen molar-refractivity contribution in [2.75, 3.05) is 64.4 Å². The van der Waals surface area contributed by atoms with Gasteiger partial charge in [0.1, 0.15) is 17.2 Å². The van der Waals surface area contributed by atoms with Crippen molar-refractivity contribution < 1.29 is 38.1 Å². The number of fused-ring (bicyclic) bond motifs is 1. The van der Waals surface area contributed by atoms with Crippen molar-refractivity contribution >= 4 is 17.5 Å². The van der Waals surface area contributed by atoms with Crippen LogP contribution in [0, 0.1) is 11.8 Å². The van der Waals surface area contributed by atoms with Crippen molar-refractivity contribution in [1.82, 2.24) is 15.1 Å². The number of amides is 2. The lowest BCUT2D eigenvalue weighted by atomic mass is 9.68. The number of benzene rings is 3. The van der Waals surface area contributed by atoms with Crippen LogP contribution in [0.3, 0.4) is 0 Å². The predicted molar refractivity (Wildman–Crippen MR) is 211 cm³/mol. The highest BCUT2D eigenvalue weighted by Crippen LogP contribution is 2.46. The molecule has 2 amide bonds. The summed E-state index contributed by atoms with van der Waals surface area (Å²) < 4.78 is 39.7. The summed E-state index contributed by atoms with van der Waals surface area (Å²) in [5.41, 5.74) is 4.09. The Morgan fingerprint density at radius 1 is 1.00 bits per heavy atom. The molecule has 2 aliphatic heterocycles. The van der Waals surface area contributed by atoms with E-state index < -0.39 is 5.92 Å². The summed E-state index contributed by atoms with van der Waals surface area (Å²) in [6, 6.07) is 19.4. The number of nitrogens with zero attached hydrogens (tertiary/aromatic N) is 2. The zero-order chi connectivity index (χ0) is 39.3. The van der Waals surface area contributed by atoms with E-state index in [1.165, 1.54) is 24.5 Å². The van der Waals surface area contributed by atoms with Gasteiger partial charge in [-0.05, 0) is 92.7 Å². The Bertz CT molecular complexity index is 1820. The quantitative estimate of drug-likeness (QED) is 0.0883. The van der Waals surface area contributed by atoms with Crippen LogP contribution in [0.5, 0.6) is 17.2 Å². The number of phenolic OH excluding ortho intramolecular Hbond substituents is 2. The summed E-state index contributed by atoms with van der Waals surface area (Å²) >= 11 is 0. The van der Waals surface area contributed by atoms with Crippen molar-refractivity contribution in [2.24, 2.45) is 11.8 Å². The molecular formula is C44H56F2N4O6. The van der Waals surface area contributed by atoms with Gasteiger partial charge in [0.2, 0.25) is 11.8 Å². The van der Waals surface area contributed by atoms with E-state index in [2.05, 4.69) is 45.9 Å². The molecule has 0 aromatic heterocycles. The molecule has 10 nitrogen and oxygen atoms in total. The fourth-order valence-corrected chi connectivity index (χ4v) is 8.81. The number of anilines is 1. The molecule has 7 rings (SSSR count). The summed E-state index contributed by atoms with van der Waals surface area (Å²) in [6.45, 7) is 6.89. The summed E-state index contributed by atoms with van der Waals surface area (Å²) in [5, 5.41) is 27.3. The molecular weight excluding hydrogens is 719 g/mol. The van der Waals surface area contributed by atoms with Crippen molar-refractivity contribution in [1.29, 1.82) is 0 Å². The van der Waals surface area contributed by atoms with Crippen molar-refractivity contribution in [2.45, 2.75) is 82.1 Å². The Morgan fingerprint density at radius 2 is 1.75 bits per heavy atom. The molecule has 2 saturated carbocycles. The fraction of sp³-hybridized carbons (Fsp3) is 0.545. The van der Waals surface area contributed by atoms with E-state index in [1.807, 2.05) is 24.0 Å². The van der Waals surface area contributed by atoms with Gasteiger partial charge in [-0.15, -0.1) is 0 Å². The molecule has 12 heteroatoms. The average Bonchev–Trinajstić information content (AvgIpc) is 4.00. The number of aromatic hydroxyl groups is 2. The lowest BCUT2D eigenvalue weighted by Gasteiger charge is -2.51. The van der Waals surface area contributed by atoms with E-state index >= 15 is 0 Å². The number of likely N-dealkylation sites (tertiary alicyclic amines) is 1. The van der Waals surface area contributed by atoms with E-state index in [4.69, 9.17) is 9.47 Å². The molecule has 1 saturated heterocycles. The predicted octanol–water partition coefficient (Wildman–Crippen LogP) is 6.26. The molecule has 2 heterocycles. The van der Waals surface area contributed by atoms with E-state index in [0.29, 0.717) is 63.4 Å². The number of rotatable bonds is 18. The SMILES string of the molecule is C[C@H](C1CCC(F)(F)CC1)N(CCNCCc1ccc(O)c2c1OCC(=O)N2)C(=O)CCOCCc1ccc(O)c(C2(c3ccccc3)CN(CC3CC3)C2)c1. The zero-order valence-corrected chi connectivity index (χ0v) is 32.4. The van der Waals surface area contributed by atoms with Crippen LogP contribution < -0.4 is 15.4 Å². The lowest BCUT2D eigenvalue weighted by Crippen LogP contribution is -2.60. The highest BCUT2D eigenvalue weighted by atomic mass is 19.3. The number of nitrogens with one attached hydrogen (secondary N) is 2. The highest BCUT2D eigenvalue weighted by molar-refractivity contribution is 5.97. The molecule has 0 radical (unpaired) electrons. The maximum absolute atomic E-state index is 14.0. The van der Waals surface area contributed by atoms with Gasteiger partial charge in [-0.25, -0.2) is 8.78 Å². The minimum Gasteiger partial charge on any atom is -0.508 e. The Hall–Kier alpha value is -4.26. The van der Waals surface area contributed by atoms with Crippen LogP contribution in [-0.4, -0.2) is 103 Å². The number of hydrogen-bond donors (Lipinski definition) is 4. The van der Waals surface area contributed by atoms with Gasteiger partial charge in [0.25, 0.3) is 5.91 Å². The normalized spacial score (nSPS) is 19.7. The van der Waals surface area contributed by atoms with Crippen molar-refractivity contribution in [3.63, 3.8) is 0 Å². The molecule has 0 spiro atoms. The smallest absolute Gasteiger partial charge is 0.262 e. The third-order valence-electron chi connectivity index (χ3n) is 12.3.